The first kappa shape index (κ1) is 9.78. The molecule has 0 bridgehead atoms. The Balaban J connectivity index is 3.45. The van der Waals surface area contributed by atoms with E-state index in [0.717, 1.165) is 34.3 Å². The standard InChI is InChI=1S/C11H14O2/c1-7-5-11(13-4)9(3)8(2)10(7)6-12/h5-6H,1-4H3. The number of carbonyl (C=O) groups is 1. The fourth-order valence-corrected chi connectivity index (χ4v) is 1.46. The topological polar surface area (TPSA) is 26.3 Å². The third-order valence-electron chi connectivity index (χ3n) is 2.45. The van der Waals surface area contributed by atoms with E-state index in [1.54, 1.807) is 7.11 Å². The molecule has 0 atom stereocenters. The van der Waals surface area contributed by atoms with Crippen LogP contribution in [0.1, 0.15) is 27.0 Å². The maximum absolute atomic E-state index is 10.8. The van der Waals surface area contributed by atoms with Crippen LogP contribution in [0.25, 0.3) is 0 Å². The maximum atomic E-state index is 10.8. The number of rotatable bonds is 2. The summed E-state index contributed by atoms with van der Waals surface area (Å²) < 4.78 is 5.19. The molecule has 0 saturated carbocycles. The van der Waals surface area contributed by atoms with Crippen LogP contribution in [-0.2, 0) is 0 Å². The SMILES string of the molecule is COc1cc(C)c(C=O)c(C)c1C. The molecular weight excluding hydrogens is 164 g/mol. The first-order chi connectivity index (χ1) is 6.11. The van der Waals surface area contributed by atoms with Gasteiger partial charge in [0.2, 0.25) is 0 Å². The van der Waals surface area contributed by atoms with E-state index in [-0.39, 0.29) is 0 Å². The molecule has 70 valence electrons. The highest BCUT2D eigenvalue weighted by molar-refractivity contribution is 5.81. The minimum atomic E-state index is 0.776. The maximum Gasteiger partial charge on any atom is 0.150 e. The molecule has 0 N–H and O–H groups in total. The molecule has 0 aliphatic carbocycles. The number of aryl methyl sites for hydroxylation is 1. The Morgan fingerprint density at radius 2 is 1.85 bits per heavy atom. The molecule has 0 unspecified atom stereocenters. The van der Waals surface area contributed by atoms with E-state index in [2.05, 4.69) is 0 Å². The summed E-state index contributed by atoms with van der Waals surface area (Å²) >= 11 is 0. The number of hydrogen-bond donors (Lipinski definition) is 0. The van der Waals surface area contributed by atoms with Crippen LogP contribution in [0.15, 0.2) is 6.07 Å². The summed E-state index contributed by atoms with van der Waals surface area (Å²) in [7, 11) is 1.64. The molecule has 1 aromatic carbocycles. The van der Waals surface area contributed by atoms with Gasteiger partial charge in [-0.1, -0.05) is 0 Å². The summed E-state index contributed by atoms with van der Waals surface area (Å²) in [5, 5.41) is 0. The quantitative estimate of drug-likeness (QED) is 0.650. The molecule has 2 nitrogen and oxygen atoms in total. The highest BCUT2D eigenvalue weighted by Crippen LogP contribution is 2.26. The molecular formula is C11H14O2. The van der Waals surface area contributed by atoms with Crippen LogP contribution in [0.3, 0.4) is 0 Å². The minimum absolute atomic E-state index is 0.776. The number of ether oxygens (including phenoxy) is 1. The van der Waals surface area contributed by atoms with Gasteiger partial charge in [-0.05, 0) is 43.5 Å². The minimum Gasteiger partial charge on any atom is -0.496 e. The number of benzene rings is 1. The largest absolute Gasteiger partial charge is 0.496 e. The van der Waals surface area contributed by atoms with Crippen molar-refractivity contribution in [2.24, 2.45) is 0 Å². The van der Waals surface area contributed by atoms with Crippen LogP contribution in [0.5, 0.6) is 5.75 Å². The highest BCUT2D eigenvalue weighted by Gasteiger charge is 2.08. The van der Waals surface area contributed by atoms with Gasteiger partial charge in [-0.25, -0.2) is 0 Å². The van der Waals surface area contributed by atoms with Crippen molar-refractivity contribution >= 4 is 6.29 Å². The normalized spacial score (nSPS) is 9.85. The molecule has 0 spiro atoms. The summed E-state index contributed by atoms with van der Waals surface area (Å²) in [4.78, 5) is 10.8. The summed E-state index contributed by atoms with van der Waals surface area (Å²) in [5.74, 6) is 0.848. The fourth-order valence-electron chi connectivity index (χ4n) is 1.46. The average Bonchev–Trinajstić information content (AvgIpc) is 2.12. The van der Waals surface area contributed by atoms with E-state index in [4.69, 9.17) is 4.74 Å². The molecule has 13 heavy (non-hydrogen) atoms. The number of carbonyl (C=O) groups excluding carboxylic acids is 1. The number of hydrogen-bond acceptors (Lipinski definition) is 2. The molecule has 0 aliphatic rings. The molecule has 2 heteroatoms. The van der Waals surface area contributed by atoms with E-state index >= 15 is 0 Å². The van der Waals surface area contributed by atoms with Gasteiger partial charge < -0.3 is 4.74 Å². The van der Waals surface area contributed by atoms with E-state index in [1.165, 1.54) is 0 Å². The molecule has 0 amide bonds. The Labute approximate surface area is 78.5 Å². The smallest absolute Gasteiger partial charge is 0.150 e. The monoisotopic (exact) mass is 178 g/mol. The van der Waals surface area contributed by atoms with Gasteiger partial charge >= 0.3 is 0 Å². The van der Waals surface area contributed by atoms with Crippen molar-refractivity contribution in [1.29, 1.82) is 0 Å². The van der Waals surface area contributed by atoms with Gasteiger partial charge in [-0.2, -0.15) is 0 Å². The van der Waals surface area contributed by atoms with Gasteiger partial charge in [0, 0.05) is 5.56 Å². The molecule has 0 aromatic heterocycles. The number of methoxy groups -OCH3 is 1. The number of aldehydes is 1. The molecule has 0 heterocycles. The lowest BCUT2D eigenvalue weighted by molar-refractivity contribution is 0.112. The molecule has 0 saturated heterocycles. The van der Waals surface area contributed by atoms with Gasteiger partial charge in [-0.15, -0.1) is 0 Å². The molecule has 1 rings (SSSR count). The third-order valence-corrected chi connectivity index (χ3v) is 2.45. The van der Waals surface area contributed by atoms with Crippen LogP contribution in [0.2, 0.25) is 0 Å². The van der Waals surface area contributed by atoms with Gasteiger partial charge in [-0.3, -0.25) is 4.79 Å². The van der Waals surface area contributed by atoms with Crippen LogP contribution in [-0.4, -0.2) is 13.4 Å². The van der Waals surface area contributed by atoms with Crippen LogP contribution < -0.4 is 4.74 Å². The highest BCUT2D eigenvalue weighted by atomic mass is 16.5. The van der Waals surface area contributed by atoms with Crippen molar-refractivity contribution in [3.05, 3.63) is 28.3 Å². The zero-order chi connectivity index (χ0) is 10.0. The van der Waals surface area contributed by atoms with Crippen molar-refractivity contribution < 1.29 is 9.53 Å². The van der Waals surface area contributed by atoms with Crippen LogP contribution in [0.4, 0.5) is 0 Å². The van der Waals surface area contributed by atoms with Gasteiger partial charge in [0.15, 0.2) is 6.29 Å². The predicted octanol–water partition coefficient (Wildman–Crippen LogP) is 2.43. The first-order valence-electron chi connectivity index (χ1n) is 4.21. The van der Waals surface area contributed by atoms with Gasteiger partial charge in [0.1, 0.15) is 5.75 Å². The average molecular weight is 178 g/mol. The Morgan fingerprint density at radius 1 is 1.23 bits per heavy atom. The van der Waals surface area contributed by atoms with E-state index in [0.29, 0.717) is 0 Å². The van der Waals surface area contributed by atoms with Crippen molar-refractivity contribution in [2.75, 3.05) is 7.11 Å². The van der Waals surface area contributed by atoms with Crippen LogP contribution in [0, 0.1) is 20.8 Å². The van der Waals surface area contributed by atoms with Crippen molar-refractivity contribution in [1.82, 2.24) is 0 Å². The Kier molecular flexibility index (Phi) is 2.71. The van der Waals surface area contributed by atoms with E-state index < -0.39 is 0 Å². The first-order valence-corrected chi connectivity index (χ1v) is 4.21. The summed E-state index contributed by atoms with van der Waals surface area (Å²) in [6.45, 7) is 5.81. The molecule has 0 radical (unpaired) electrons. The molecule has 0 fully saturated rings. The summed E-state index contributed by atoms with van der Waals surface area (Å²) in [5.41, 5.74) is 3.79. The van der Waals surface area contributed by atoms with Gasteiger partial charge in [0.25, 0.3) is 0 Å². The lowest BCUT2D eigenvalue weighted by Crippen LogP contribution is -1.98. The third kappa shape index (κ3) is 1.57. The Hall–Kier alpha value is -1.31. The van der Waals surface area contributed by atoms with Crippen LogP contribution >= 0.6 is 0 Å². The summed E-state index contributed by atoms with van der Waals surface area (Å²) in [6.07, 6.45) is 0.900. The zero-order valence-corrected chi connectivity index (χ0v) is 8.47. The van der Waals surface area contributed by atoms with E-state index in [9.17, 15) is 4.79 Å². The second-order valence-electron chi connectivity index (χ2n) is 3.18. The second-order valence-corrected chi connectivity index (χ2v) is 3.18. The Bertz CT molecular complexity index is 340. The summed E-state index contributed by atoms with van der Waals surface area (Å²) in [6, 6.07) is 1.89. The predicted molar refractivity (Wildman–Crippen MR) is 52.6 cm³/mol. The van der Waals surface area contributed by atoms with E-state index in [1.807, 2.05) is 26.8 Å². The fraction of sp³-hybridized carbons (Fsp3) is 0.364. The van der Waals surface area contributed by atoms with Crippen molar-refractivity contribution in [3.63, 3.8) is 0 Å². The molecule has 1 aromatic rings. The Morgan fingerprint density at radius 3 is 2.31 bits per heavy atom. The van der Waals surface area contributed by atoms with Crippen molar-refractivity contribution in [3.8, 4) is 5.75 Å². The zero-order valence-electron chi connectivity index (χ0n) is 8.47. The lowest BCUT2D eigenvalue weighted by Gasteiger charge is -2.11. The van der Waals surface area contributed by atoms with Gasteiger partial charge in [0.05, 0.1) is 7.11 Å². The lowest BCUT2D eigenvalue weighted by atomic mass is 9.98. The molecule has 0 aliphatic heterocycles. The van der Waals surface area contributed by atoms with Crippen molar-refractivity contribution in [2.45, 2.75) is 20.8 Å². The second kappa shape index (κ2) is 3.60.